The predicted octanol–water partition coefficient (Wildman–Crippen LogP) is 1.42. The van der Waals surface area contributed by atoms with Crippen molar-refractivity contribution in [1.82, 2.24) is 15.1 Å². The monoisotopic (exact) mass is 265 g/mol. The number of hydrogen-bond acceptors (Lipinski definition) is 3. The molecule has 2 heterocycles. The molecule has 3 fully saturated rings. The Hall–Kier alpha value is -0.610. The Kier molecular flexibility index (Phi) is 4.08. The molecule has 2 aliphatic heterocycles. The van der Waals surface area contributed by atoms with Crippen LogP contribution in [0.4, 0.5) is 0 Å². The summed E-state index contributed by atoms with van der Waals surface area (Å²) in [5, 5.41) is 3.45. The molecule has 2 unspecified atom stereocenters. The summed E-state index contributed by atoms with van der Waals surface area (Å²) in [6.45, 7) is 6.17. The fourth-order valence-corrected chi connectivity index (χ4v) is 4.05. The van der Waals surface area contributed by atoms with Crippen molar-refractivity contribution in [2.75, 3.05) is 26.2 Å². The third-order valence-corrected chi connectivity index (χ3v) is 5.19. The molecule has 2 atom stereocenters. The van der Waals surface area contributed by atoms with Crippen LogP contribution in [0.5, 0.6) is 0 Å². The van der Waals surface area contributed by atoms with Crippen LogP contribution >= 0.6 is 0 Å². The van der Waals surface area contributed by atoms with Crippen molar-refractivity contribution >= 4 is 5.91 Å². The van der Waals surface area contributed by atoms with E-state index in [-0.39, 0.29) is 0 Å². The Bertz CT molecular complexity index is 321. The second kappa shape index (κ2) is 5.80. The van der Waals surface area contributed by atoms with Gasteiger partial charge in [-0.1, -0.05) is 12.8 Å². The van der Waals surface area contributed by atoms with Gasteiger partial charge in [-0.25, -0.2) is 0 Å². The Morgan fingerprint density at radius 3 is 2.58 bits per heavy atom. The van der Waals surface area contributed by atoms with Gasteiger partial charge in [0.2, 0.25) is 5.91 Å². The summed E-state index contributed by atoms with van der Waals surface area (Å²) in [5.41, 5.74) is 0. The molecule has 0 radical (unpaired) electrons. The van der Waals surface area contributed by atoms with Crippen molar-refractivity contribution in [1.29, 1.82) is 0 Å². The zero-order valence-electron chi connectivity index (χ0n) is 12.1. The van der Waals surface area contributed by atoms with Crippen LogP contribution in [0.15, 0.2) is 0 Å². The molecule has 3 rings (SSSR count). The van der Waals surface area contributed by atoms with Crippen LogP contribution in [-0.2, 0) is 4.79 Å². The van der Waals surface area contributed by atoms with Gasteiger partial charge in [-0.05, 0) is 51.6 Å². The molecule has 0 aromatic heterocycles. The lowest BCUT2D eigenvalue weighted by atomic mass is 10.0. The summed E-state index contributed by atoms with van der Waals surface area (Å²) in [4.78, 5) is 16.8. The third kappa shape index (κ3) is 2.79. The van der Waals surface area contributed by atoms with E-state index in [0.29, 0.717) is 30.6 Å². The number of likely N-dealkylation sites (tertiary alicyclic amines) is 1. The lowest BCUT2D eigenvalue weighted by Gasteiger charge is -2.34. The minimum absolute atomic E-state index is 0.308. The highest BCUT2D eigenvalue weighted by Gasteiger charge is 2.38. The molecule has 1 N–H and O–H groups in total. The van der Waals surface area contributed by atoms with Gasteiger partial charge in [0.15, 0.2) is 0 Å². The van der Waals surface area contributed by atoms with Crippen LogP contribution < -0.4 is 5.32 Å². The molecule has 2 saturated heterocycles. The lowest BCUT2D eigenvalue weighted by Crippen LogP contribution is -2.48. The Balaban J connectivity index is 1.61. The van der Waals surface area contributed by atoms with Crippen LogP contribution in [0.2, 0.25) is 0 Å². The van der Waals surface area contributed by atoms with Gasteiger partial charge >= 0.3 is 0 Å². The lowest BCUT2D eigenvalue weighted by molar-refractivity contribution is -0.129. The summed E-state index contributed by atoms with van der Waals surface area (Å²) in [7, 11) is 0. The van der Waals surface area contributed by atoms with E-state index in [1.807, 2.05) is 0 Å². The molecule has 108 valence electrons. The van der Waals surface area contributed by atoms with E-state index in [9.17, 15) is 4.79 Å². The van der Waals surface area contributed by atoms with Gasteiger partial charge in [-0.15, -0.1) is 0 Å². The Morgan fingerprint density at radius 1 is 1.21 bits per heavy atom. The molecule has 1 aliphatic carbocycles. The highest BCUT2D eigenvalue weighted by molar-refractivity contribution is 5.80. The van der Waals surface area contributed by atoms with Gasteiger partial charge in [-0.2, -0.15) is 0 Å². The number of nitrogens with zero attached hydrogens (tertiary/aromatic N) is 2. The first kappa shape index (κ1) is 13.4. The van der Waals surface area contributed by atoms with Crippen LogP contribution in [0, 0.1) is 5.92 Å². The molecule has 19 heavy (non-hydrogen) atoms. The normalized spacial score (nSPS) is 31.5. The number of carbonyl (C=O) groups is 1. The molecular formula is C15H27N3O. The molecule has 4 heteroatoms. The summed E-state index contributed by atoms with van der Waals surface area (Å²) in [6, 6.07) is 0.509. The minimum Gasteiger partial charge on any atom is -0.324 e. The van der Waals surface area contributed by atoms with Crippen molar-refractivity contribution in [3.05, 3.63) is 0 Å². The standard InChI is InChI=1S/C15H27N3O/c1-12(17-8-4-5-9-17)11-18-14(19)10-16-15(18)13-6-2-3-7-13/h12-13,15-16H,2-11H2,1H3. The molecule has 3 aliphatic rings. The first-order valence-corrected chi connectivity index (χ1v) is 8.02. The average molecular weight is 265 g/mol. The molecule has 0 spiro atoms. The van der Waals surface area contributed by atoms with Gasteiger partial charge in [0.1, 0.15) is 0 Å². The van der Waals surface area contributed by atoms with E-state index in [4.69, 9.17) is 0 Å². The maximum Gasteiger partial charge on any atom is 0.237 e. The highest BCUT2D eigenvalue weighted by Crippen LogP contribution is 2.31. The van der Waals surface area contributed by atoms with Crippen LogP contribution in [0.25, 0.3) is 0 Å². The van der Waals surface area contributed by atoms with Gasteiger partial charge < -0.3 is 4.90 Å². The van der Waals surface area contributed by atoms with Crippen LogP contribution in [0.1, 0.15) is 45.4 Å². The maximum atomic E-state index is 12.1. The predicted molar refractivity (Wildman–Crippen MR) is 75.7 cm³/mol. The average Bonchev–Trinajstić information content (AvgIpc) is 3.10. The van der Waals surface area contributed by atoms with E-state index < -0.39 is 0 Å². The van der Waals surface area contributed by atoms with E-state index in [2.05, 4.69) is 22.0 Å². The zero-order chi connectivity index (χ0) is 13.2. The van der Waals surface area contributed by atoms with E-state index >= 15 is 0 Å². The largest absolute Gasteiger partial charge is 0.324 e. The Labute approximate surface area is 116 Å². The number of carbonyl (C=O) groups excluding carboxylic acids is 1. The molecule has 0 aromatic carbocycles. The highest BCUT2D eigenvalue weighted by atomic mass is 16.2. The molecule has 1 amide bonds. The van der Waals surface area contributed by atoms with Crippen molar-refractivity contribution in [2.24, 2.45) is 5.92 Å². The molecule has 1 saturated carbocycles. The fraction of sp³-hybridized carbons (Fsp3) is 0.933. The van der Waals surface area contributed by atoms with Crippen molar-refractivity contribution in [3.8, 4) is 0 Å². The third-order valence-electron chi connectivity index (χ3n) is 5.19. The van der Waals surface area contributed by atoms with Crippen LogP contribution in [0.3, 0.4) is 0 Å². The van der Waals surface area contributed by atoms with Gasteiger partial charge in [-0.3, -0.25) is 15.0 Å². The second-order valence-corrected chi connectivity index (χ2v) is 6.51. The summed E-state index contributed by atoms with van der Waals surface area (Å²) in [5.74, 6) is 1.00. The fourth-order valence-electron chi connectivity index (χ4n) is 4.05. The van der Waals surface area contributed by atoms with Crippen molar-refractivity contribution in [3.63, 3.8) is 0 Å². The SMILES string of the molecule is CC(CN1C(=O)CNC1C1CCCC1)N1CCCC1. The summed E-state index contributed by atoms with van der Waals surface area (Å²) >= 11 is 0. The number of nitrogens with one attached hydrogen (secondary N) is 1. The van der Waals surface area contributed by atoms with Gasteiger partial charge in [0.05, 0.1) is 12.7 Å². The van der Waals surface area contributed by atoms with E-state index in [0.717, 1.165) is 6.54 Å². The summed E-state index contributed by atoms with van der Waals surface area (Å²) < 4.78 is 0. The number of rotatable bonds is 4. The summed E-state index contributed by atoms with van der Waals surface area (Å²) in [6.07, 6.45) is 8.23. The van der Waals surface area contributed by atoms with Gasteiger partial charge in [0, 0.05) is 12.6 Å². The van der Waals surface area contributed by atoms with Crippen molar-refractivity contribution in [2.45, 2.75) is 57.7 Å². The first-order valence-electron chi connectivity index (χ1n) is 8.02. The van der Waals surface area contributed by atoms with Gasteiger partial charge in [0.25, 0.3) is 0 Å². The molecular weight excluding hydrogens is 238 g/mol. The molecule has 4 nitrogen and oxygen atoms in total. The second-order valence-electron chi connectivity index (χ2n) is 6.51. The maximum absolute atomic E-state index is 12.1. The number of hydrogen-bond donors (Lipinski definition) is 1. The molecule has 0 bridgehead atoms. The quantitative estimate of drug-likeness (QED) is 0.835. The Morgan fingerprint density at radius 2 is 1.89 bits per heavy atom. The molecule has 0 aromatic rings. The smallest absolute Gasteiger partial charge is 0.237 e. The zero-order valence-corrected chi connectivity index (χ0v) is 12.1. The number of amides is 1. The van der Waals surface area contributed by atoms with E-state index in [1.54, 1.807) is 0 Å². The van der Waals surface area contributed by atoms with Crippen molar-refractivity contribution < 1.29 is 4.79 Å². The van der Waals surface area contributed by atoms with E-state index in [1.165, 1.54) is 51.6 Å². The first-order chi connectivity index (χ1) is 9.25. The minimum atomic E-state index is 0.308. The topological polar surface area (TPSA) is 35.6 Å². The van der Waals surface area contributed by atoms with Crippen LogP contribution in [-0.4, -0.2) is 54.1 Å².